The molecule has 1 heterocycles. The maximum atomic E-state index is 11.7. The molecule has 0 aliphatic heterocycles. The molecule has 0 spiro atoms. The summed E-state index contributed by atoms with van der Waals surface area (Å²) in [6, 6.07) is 7.74. The highest BCUT2D eigenvalue weighted by Crippen LogP contribution is 2.17. The van der Waals surface area contributed by atoms with Crippen molar-refractivity contribution in [1.29, 1.82) is 0 Å². The molecule has 0 saturated heterocycles. The second kappa shape index (κ2) is 5.56. The highest BCUT2D eigenvalue weighted by molar-refractivity contribution is 6.83. The minimum atomic E-state index is -1.37. The predicted octanol–water partition coefficient (Wildman–Crippen LogP) is 3.57. The molecule has 0 aliphatic rings. The third kappa shape index (κ3) is 3.52. The van der Waals surface area contributed by atoms with Gasteiger partial charge in [0, 0.05) is 16.5 Å². The number of nitrogens with one attached hydrogen (secondary N) is 1. The number of rotatable bonds is 2. The standard InChI is InChI=1S/C16H19NO2Si/c1-5-19-16(18)15-11-13-10-12(6-7-14(13)17-15)8-9-20(2,3)4/h6-7,10-11,17H,5H2,1-4H3. The van der Waals surface area contributed by atoms with Crippen LogP contribution < -0.4 is 0 Å². The van der Waals surface area contributed by atoms with Gasteiger partial charge in [-0.1, -0.05) is 25.6 Å². The Labute approximate surface area is 120 Å². The van der Waals surface area contributed by atoms with Gasteiger partial charge in [-0.15, -0.1) is 5.54 Å². The molecule has 1 aromatic heterocycles. The van der Waals surface area contributed by atoms with E-state index in [9.17, 15) is 4.79 Å². The lowest BCUT2D eigenvalue weighted by Crippen LogP contribution is -2.16. The van der Waals surface area contributed by atoms with Gasteiger partial charge in [0.25, 0.3) is 0 Å². The zero-order valence-electron chi connectivity index (χ0n) is 12.3. The molecule has 0 bridgehead atoms. The van der Waals surface area contributed by atoms with Crippen LogP contribution in [-0.4, -0.2) is 25.6 Å². The van der Waals surface area contributed by atoms with Crippen LogP contribution in [0.25, 0.3) is 10.9 Å². The zero-order valence-corrected chi connectivity index (χ0v) is 13.3. The summed E-state index contributed by atoms with van der Waals surface area (Å²) < 4.78 is 4.99. The number of hydrogen-bond acceptors (Lipinski definition) is 2. The number of carbonyl (C=O) groups excluding carboxylic acids is 1. The first kappa shape index (κ1) is 14.4. The van der Waals surface area contributed by atoms with Gasteiger partial charge in [0.15, 0.2) is 0 Å². The van der Waals surface area contributed by atoms with Crippen molar-refractivity contribution < 1.29 is 9.53 Å². The van der Waals surface area contributed by atoms with Gasteiger partial charge in [0.05, 0.1) is 6.61 Å². The van der Waals surface area contributed by atoms with E-state index in [2.05, 4.69) is 36.1 Å². The van der Waals surface area contributed by atoms with Crippen molar-refractivity contribution in [2.45, 2.75) is 26.6 Å². The normalized spacial score (nSPS) is 11.0. The van der Waals surface area contributed by atoms with Gasteiger partial charge in [0.1, 0.15) is 13.8 Å². The van der Waals surface area contributed by atoms with Crippen LogP contribution >= 0.6 is 0 Å². The summed E-state index contributed by atoms with van der Waals surface area (Å²) in [6.07, 6.45) is 0. The van der Waals surface area contributed by atoms with Gasteiger partial charge in [-0.25, -0.2) is 4.79 Å². The highest BCUT2D eigenvalue weighted by atomic mass is 28.3. The van der Waals surface area contributed by atoms with E-state index < -0.39 is 8.07 Å². The molecular weight excluding hydrogens is 266 g/mol. The number of H-pyrrole nitrogens is 1. The summed E-state index contributed by atoms with van der Waals surface area (Å²) in [7, 11) is -1.37. The lowest BCUT2D eigenvalue weighted by Gasteiger charge is -2.03. The molecule has 1 aromatic carbocycles. The molecule has 4 heteroatoms. The van der Waals surface area contributed by atoms with Gasteiger partial charge in [-0.05, 0) is 31.2 Å². The number of carbonyl (C=O) groups is 1. The Morgan fingerprint density at radius 2 is 2.05 bits per heavy atom. The van der Waals surface area contributed by atoms with E-state index in [0.29, 0.717) is 12.3 Å². The van der Waals surface area contributed by atoms with Crippen LogP contribution in [0.2, 0.25) is 19.6 Å². The van der Waals surface area contributed by atoms with Crippen LogP contribution in [0.1, 0.15) is 23.0 Å². The molecular formula is C16H19NO2Si. The van der Waals surface area contributed by atoms with Gasteiger partial charge in [-0.2, -0.15) is 0 Å². The first-order valence-corrected chi connectivity index (χ1v) is 10.2. The molecule has 2 aromatic rings. The summed E-state index contributed by atoms with van der Waals surface area (Å²) >= 11 is 0. The molecule has 1 N–H and O–H groups in total. The van der Waals surface area contributed by atoms with Crippen LogP contribution in [0.3, 0.4) is 0 Å². The van der Waals surface area contributed by atoms with Crippen LogP contribution in [0.15, 0.2) is 24.3 Å². The minimum absolute atomic E-state index is 0.321. The summed E-state index contributed by atoms with van der Waals surface area (Å²) in [6.45, 7) is 8.82. The second-order valence-electron chi connectivity index (χ2n) is 5.71. The van der Waals surface area contributed by atoms with Gasteiger partial charge in [0.2, 0.25) is 0 Å². The smallest absolute Gasteiger partial charge is 0.354 e. The third-order valence-corrected chi connectivity index (χ3v) is 3.57. The number of benzene rings is 1. The molecule has 0 saturated carbocycles. The van der Waals surface area contributed by atoms with E-state index in [-0.39, 0.29) is 5.97 Å². The Morgan fingerprint density at radius 3 is 2.70 bits per heavy atom. The number of fused-ring (bicyclic) bond motifs is 1. The van der Waals surface area contributed by atoms with Crippen molar-refractivity contribution in [3.63, 3.8) is 0 Å². The number of hydrogen-bond donors (Lipinski definition) is 1. The van der Waals surface area contributed by atoms with Crippen molar-refractivity contribution in [2.75, 3.05) is 6.61 Å². The van der Waals surface area contributed by atoms with Crippen molar-refractivity contribution in [1.82, 2.24) is 4.98 Å². The lowest BCUT2D eigenvalue weighted by atomic mass is 10.2. The Kier molecular flexibility index (Phi) is 4.00. The Morgan fingerprint density at radius 1 is 1.30 bits per heavy atom. The van der Waals surface area contributed by atoms with Crippen LogP contribution in [-0.2, 0) is 4.74 Å². The lowest BCUT2D eigenvalue weighted by molar-refractivity contribution is 0.0520. The molecule has 20 heavy (non-hydrogen) atoms. The van der Waals surface area contributed by atoms with E-state index >= 15 is 0 Å². The van der Waals surface area contributed by atoms with Crippen molar-refractivity contribution in [2.24, 2.45) is 0 Å². The van der Waals surface area contributed by atoms with E-state index in [1.807, 2.05) is 24.3 Å². The topological polar surface area (TPSA) is 42.1 Å². The minimum Gasteiger partial charge on any atom is -0.461 e. The summed E-state index contributed by atoms with van der Waals surface area (Å²) in [4.78, 5) is 14.7. The quantitative estimate of drug-likeness (QED) is 0.520. The third-order valence-electron chi connectivity index (χ3n) is 2.70. The van der Waals surface area contributed by atoms with E-state index in [4.69, 9.17) is 4.74 Å². The Hall–Kier alpha value is -1.99. The average Bonchev–Trinajstić information content (AvgIpc) is 2.78. The van der Waals surface area contributed by atoms with Gasteiger partial charge < -0.3 is 9.72 Å². The maximum absolute atomic E-state index is 11.7. The second-order valence-corrected chi connectivity index (χ2v) is 10.5. The number of aromatic amines is 1. The van der Waals surface area contributed by atoms with Gasteiger partial charge in [-0.3, -0.25) is 0 Å². The van der Waals surface area contributed by atoms with Crippen LogP contribution in [0, 0.1) is 11.5 Å². The highest BCUT2D eigenvalue weighted by Gasteiger charge is 2.10. The molecule has 0 radical (unpaired) electrons. The van der Waals surface area contributed by atoms with E-state index in [1.54, 1.807) is 6.92 Å². The first-order valence-electron chi connectivity index (χ1n) is 6.72. The molecule has 0 atom stereocenters. The fraction of sp³-hybridized carbons (Fsp3) is 0.312. The van der Waals surface area contributed by atoms with Crippen molar-refractivity contribution in [3.8, 4) is 11.5 Å². The monoisotopic (exact) mass is 285 g/mol. The molecule has 0 unspecified atom stereocenters. The number of aromatic nitrogens is 1. The van der Waals surface area contributed by atoms with E-state index in [0.717, 1.165) is 16.5 Å². The Bertz CT molecular complexity index is 699. The largest absolute Gasteiger partial charge is 0.461 e. The summed E-state index contributed by atoms with van der Waals surface area (Å²) in [5.41, 5.74) is 5.73. The first-order chi connectivity index (χ1) is 9.39. The molecule has 0 fully saturated rings. The van der Waals surface area contributed by atoms with E-state index in [1.165, 1.54) is 0 Å². The summed E-state index contributed by atoms with van der Waals surface area (Å²) in [5.74, 6) is 2.90. The molecule has 0 amide bonds. The molecule has 104 valence electrons. The fourth-order valence-corrected chi connectivity index (χ4v) is 2.31. The van der Waals surface area contributed by atoms with Crippen LogP contribution in [0.4, 0.5) is 0 Å². The Balaban J connectivity index is 2.34. The zero-order chi connectivity index (χ0) is 14.8. The van der Waals surface area contributed by atoms with Crippen LogP contribution in [0.5, 0.6) is 0 Å². The number of esters is 1. The summed E-state index contributed by atoms with van der Waals surface area (Å²) in [5, 5.41) is 0.982. The average molecular weight is 285 g/mol. The predicted molar refractivity (Wildman–Crippen MR) is 84.5 cm³/mol. The molecule has 0 aliphatic carbocycles. The van der Waals surface area contributed by atoms with Crippen molar-refractivity contribution in [3.05, 3.63) is 35.5 Å². The fourth-order valence-electron chi connectivity index (χ4n) is 1.79. The maximum Gasteiger partial charge on any atom is 0.354 e. The molecule has 2 rings (SSSR count). The number of ether oxygens (including phenoxy) is 1. The van der Waals surface area contributed by atoms with Gasteiger partial charge >= 0.3 is 5.97 Å². The SMILES string of the molecule is CCOC(=O)c1cc2cc(C#C[Si](C)(C)C)ccc2[nH]1. The molecule has 3 nitrogen and oxygen atoms in total. The van der Waals surface area contributed by atoms with Crippen molar-refractivity contribution >= 4 is 24.9 Å².